The minimum Gasteiger partial charge on any atom is -0.103 e. The molecule has 0 spiro atoms. The number of hydrogen-bond donors (Lipinski definition) is 0. The van der Waals surface area contributed by atoms with Crippen molar-refractivity contribution >= 4 is 0 Å². The van der Waals surface area contributed by atoms with E-state index < -0.39 is 0 Å². The highest BCUT2D eigenvalue weighted by Crippen LogP contribution is 2.63. The van der Waals surface area contributed by atoms with Gasteiger partial charge < -0.3 is 0 Å². The summed E-state index contributed by atoms with van der Waals surface area (Å²) in [6, 6.07) is 0. The van der Waals surface area contributed by atoms with Crippen molar-refractivity contribution in [3.63, 3.8) is 0 Å². The first kappa shape index (κ1) is 14.4. The van der Waals surface area contributed by atoms with E-state index in [1.54, 1.807) is 0 Å². The van der Waals surface area contributed by atoms with Crippen molar-refractivity contribution in [2.45, 2.75) is 72.6 Å². The van der Waals surface area contributed by atoms with Crippen LogP contribution in [0.25, 0.3) is 0 Å². The highest BCUT2D eigenvalue weighted by molar-refractivity contribution is 5.28. The first-order valence-electron chi connectivity index (χ1n) is 8.65. The van der Waals surface area contributed by atoms with Gasteiger partial charge in [0.05, 0.1) is 0 Å². The summed E-state index contributed by atoms with van der Waals surface area (Å²) in [5.41, 5.74) is 3.22. The summed E-state index contributed by atoms with van der Waals surface area (Å²) in [5.74, 6) is 1.74. The van der Waals surface area contributed by atoms with Crippen LogP contribution in [0.2, 0.25) is 0 Å². The van der Waals surface area contributed by atoms with E-state index >= 15 is 0 Å². The van der Waals surface area contributed by atoms with Gasteiger partial charge >= 0.3 is 0 Å². The average molecular weight is 272 g/mol. The molecule has 0 nitrogen and oxygen atoms in total. The van der Waals surface area contributed by atoms with Crippen LogP contribution in [0.3, 0.4) is 0 Å². The van der Waals surface area contributed by atoms with E-state index in [9.17, 15) is 0 Å². The predicted octanol–water partition coefficient (Wildman–Crippen LogP) is 6.14. The number of fused-ring (bicyclic) bond motifs is 3. The quantitative estimate of drug-likeness (QED) is 0.503. The maximum absolute atomic E-state index is 4.09. The minimum absolute atomic E-state index is 0.349. The number of rotatable bonds is 1. The average Bonchev–Trinajstić information content (AvgIpc) is 2.37. The fourth-order valence-corrected chi connectivity index (χ4v) is 5.93. The van der Waals surface area contributed by atoms with Gasteiger partial charge in [-0.05, 0) is 66.6 Å². The van der Waals surface area contributed by atoms with Gasteiger partial charge in [-0.3, -0.25) is 0 Å². The summed E-state index contributed by atoms with van der Waals surface area (Å²) in [6.07, 6.45) is 14.5. The third kappa shape index (κ3) is 2.02. The molecule has 0 aromatic rings. The van der Waals surface area contributed by atoms with Crippen LogP contribution in [0, 0.1) is 28.1 Å². The molecule has 0 unspecified atom stereocenters. The molecule has 0 aromatic heterocycles. The second kappa shape index (κ2) is 4.49. The highest BCUT2D eigenvalue weighted by atomic mass is 14.6. The number of allylic oxidation sites excluding steroid dienone is 3. The molecule has 0 heterocycles. The lowest BCUT2D eigenvalue weighted by atomic mass is 9.46. The molecule has 3 aliphatic carbocycles. The van der Waals surface area contributed by atoms with Crippen molar-refractivity contribution < 1.29 is 0 Å². The molecule has 2 fully saturated rings. The molecule has 4 atom stereocenters. The molecule has 0 amide bonds. The van der Waals surface area contributed by atoms with E-state index in [1.807, 2.05) is 5.57 Å². The summed E-state index contributed by atoms with van der Waals surface area (Å²) in [5, 5.41) is 0. The summed E-state index contributed by atoms with van der Waals surface area (Å²) in [4.78, 5) is 0. The van der Waals surface area contributed by atoms with E-state index in [0.717, 1.165) is 11.8 Å². The third-order valence-electron chi connectivity index (χ3n) is 7.13. The normalized spacial score (nSPS) is 46.9. The monoisotopic (exact) mass is 272 g/mol. The summed E-state index contributed by atoms with van der Waals surface area (Å²) < 4.78 is 0. The Morgan fingerprint density at radius 1 is 1.15 bits per heavy atom. The molecule has 20 heavy (non-hydrogen) atoms. The van der Waals surface area contributed by atoms with Crippen LogP contribution in [-0.2, 0) is 0 Å². The fraction of sp³-hybridized carbons (Fsp3) is 0.800. The molecule has 2 saturated carbocycles. The number of hydrogen-bond acceptors (Lipinski definition) is 0. The molecule has 0 radical (unpaired) electrons. The van der Waals surface area contributed by atoms with Crippen LogP contribution in [0.5, 0.6) is 0 Å². The van der Waals surface area contributed by atoms with E-state index in [1.165, 1.54) is 44.9 Å². The lowest BCUT2D eigenvalue weighted by Gasteiger charge is -2.58. The minimum atomic E-state index is 0.349. The molecule has 0 aromatic carbocycles. The summed E-state index contributed by atoms with van der Waals surface area (Å²) >= 11 is 0. The third-order valence-corrected chi connectivity index (χ3v) is 7.13. The molecule has 0 saturated heterocycles. The smallest absolute Gasteiger partial charge is 0.00803 e. The Morgan fingerprint density at radius 2 is 1.90 bits per heavy atom. The van der Waals surface area contributed by atoms with Crippen LogP contribution in [0.1, 0.15) is 72.6 Å². The van der Waals surface area contributed by atoms with Crippen LogP contribution < -0.4 is 0 Å². The second-order valence-corrected chi connectivity index (χ2v) is 9.01. The van der Waals surface area contributed by atoms with E-state index in [4.69, 9.17) is 0 Å². The predicted molar refractivity (Wildman–Crippen MR) is 87.6 cm³/mol. The van der Waals surface area contributed by atoms with Crippen molar-refractivity contribution in [2.24, 2.45) is 28.1 Å². The zero-order chi connectivity index (χ0) is 14.6. The van der Waals surface area contributed by atoms with Gasteiger partial charge in [0.25, 0.3) is 0 Å². The Bertz CT molecular complexity index is 441. The Balaban J connectivity index is 1.96. The van der Waals surface area contributed by atoms with Gasteiger partial charge in [-0.15, -0.1) is 6.58 Å². The first-order chi connectivity index (χ1) is 9.31. The Hall–Kier alpha value is -0.520. The maximum Gasteiger partial charge on any atom is -0.00803 e. The van der Waals surface area contributed by atoms with Crippen LogP contribution in [-0.4, -0.2) is 0 Å². The molecule has 0 heteroatoms. The lowest BCUT2D eigenvalue weighted by molar-refractivity contribution is -0.0153. The van der Waals surface area contributed by atoms with Crippen LogP contribution >= 0.6 is 0 Å². The molecule has 0 bridgehead atoms. The summed E-state index contributed by atoms with van der Waals surface area (Å²) in [6.45, 7) is 14.1. The zero-order valence-electron chi connectivity index (χ0n) is 14.0. The Morgan fingerprint density at radius 3 is 2.60 bits per heavy atom. The van der Waals surface area contributed by atoms with Gasteiger partial charge in [-0.2, -0.15) is 0 Å². The molecule has 0 N–H and O–H groups in total. The zero-order valence-corrected chi connectivity index (χ0v) is 14.0. The van der Waals surface area contributed by atoms with Crippen molar-refractivity contribution in [3.8, 4) is 0 Å². The first-order valence-corrected chi connectivity index (χ1v) is 8.65. The molecule has 3 aliphatic rings. The Kier molecular flexibility index (Phi) is 3.23. The van der Waals surface area contributed by atoms with E-state index in [-0.39, 0.29) is 0 Å². The standard InChI is InChI=1S/C20H32/c1-6-19(4)13-10-16-15(14-19)8-9-17-18(2,3)11-7-12-20(16,17)5/h6,10,15,17H,1,7-9,11-14H2,2-5H3/t15-,17-,19+,20+/m0/s1. The van der Waals surface area contributed by atoms with E-state index in [0.29, 0.717) is 16.2 Å². The van der Waals surface area contributed by atoms with Gasteiger partial charge in [0.15, 0.2) is 0 Å². The maximum atomic E-state index is 4.09. The topological polar surface area (TPSA) is 0 Å². The van der Waals surface area contributed by atoms with Crippen molar-refractivity contribution in [1.29, 1.82) is 0 Å². The van der Waals surface area contributed by atoms with Gasteiger partial charge in [0.1, 0.15) is 0 Å². The molecule has 3 rings (SSSR count). The molecular formula is C20H32. The van der Waals surface area contributed by atoms with Gasteiger partial charge in [-0.25, -0.2) is 0 Å². The van der Waals surface area contributed by atoms with Crippen LogP contribution in [0.4, 0.5) is 0 Å². The highest BCUT2D eigenvalue weighted by Gasteiger charge is 2.53. The molecule has 0 aliphatic heterocycles. The SMILES string of the molecule is C=C[C@]1(C)CC=C2[C@@H](CC[C@H]3C(C)(C)CCC[C@]23C)C1. The van der Waals surface area contributed by atoms with Crippen molar-refractivity contribution in [1.82, 2.24) is 0 Å². The van der Waals surface area contributed by atoms with Gasteiger partial charge in [0.2, 0.25) is 0 Å². The molecule has 112 valence electrons. The molecular weight excluding hydrogens is 240 g/mol. The fourth-order valence-electron chi connectivity index (χ4n) is 5.93. The lowest BCUT2D eigenvalue weighted by Crippen LogP contribution is -2.49. The van der Waals surface area contributed by atoms with Crippen LogP contribution in [0.15, 0.2) is 24.3 Å². The van der Waals surface area contributed by atoms with Gasteiger partial charge in [0, 0.05) is 0 Å². The van der Waals surface area contributed by atoms with Gasteiger partial charge in [-0.1, -0.05) is 51.8 Å². The van der Waals surface area contributed by atoms with Crippen molar-refractivity contribution in [2.75, 3.05) is 0 Å². The summed E-state index contributed by atoms with van der Waals surface area (Å²) in [7, 11) is 0. The van der Waals surface area contributed by atoms with Crippen molar-refractivity contribution in [3.05, 3.63) is 24.3 Å². The van der Waals surface area contributed by atoms with E-state index in [2.05, 4.69) is 46.4 Å². The largest absolute Gasteiger partial charge is 0.103 e. The Labute approximate surface area is 125 Å². The second-order valence-electron chi connectivity index (χ2n) is 9.01.